The Morgan fingerprint density at radius 1 is 1.23 bits per heavy atom. The van der Waals surface area contributed by atoms with Crippen molar-refractivity contribution in [2.75, 3.05) is 30.5 Å². The zero-order valence-corrected chi connectivity index (χ0v) is 22.1. The molecule has 1 fully saturated rings. The minimum Gasteiger partial charge on any atom is -0.381 e. The van der Waals surface area contributed by atoms with E-state index in [1.54, 1.807) is 36.6 Å². The lowest BCUT2D eigenvalue weighted by Crippen LogP contribution is -2.33. The van der Waals surface area contributed by atoms with Crippen LogP contribution in [0.25, 0.3) is 21.5 Å². The molecule has 1 saturated heterocycles. The van der Waals surface area contributed by atoms with Crippen LogP contribution in [0.1, 0.15) is 21.8 Å². The van der Waals surface area contributed by atoms with Crippen LogP contribution in [-0.2, 0) is 22.5 Å². The lowest BCUT2D eigenvalue weighted by atomic mass is 10.1. The minimum absolute atomic E-state index is 0.0288. The van der Waals surface area contributed by atoms with Gasteiger partial charge in [-0.3, -0.25) is 25.0 Å². The number of fused-ring (bicyclic) bond motifs is 1. The van der Waals surface area contributed by atoms with Crippen molar-refractivity contribution in [1.29, 1.82) is 0 Å². The van der Waals surface area contributed by atoms with Crippen molar-refractivity contribution in [2.45, 2.75) is 19.4 Å². The minimum atomic E-state index is -0.238. The number of rotatable bonds is 8. The van der Waals surface area contributed by atoms with Gasteiger partial charge in [-0.05, 0) is 48.9 Å². The molecule has 4 aromatic heterocycles. The Labute approximate surface area is 228 Å². The molecule has 0 radical (unpaired) electrons. The fraction of sp³-hybridized carbons (Fsp3) is 0.250. The SMILES string of the molecule is CN(C(=O)C1CCOC1)c1ccc2c(c1)nc(NC(=O)c1ccc(-c3cn[nH]c3)s1)n2CCc1ccccn1. The number of hydrogen-bond acceptors (Lipinski definition) is 7. The summed E-state index contributed by atoms with van der Waals surface area (Å²) < 4.78 is 7.39. The van der Waals surface area contributed by atoms with Crippen molar-refractivity contribution >= 4 is 45.8 Å². The highest BCUT2D eigenvalue weighted by Crippen LogP contribution is 2.30. The maximum absolute atomic E-state index is 13.3. The molecule has 0 saturated carbocycles. The van der Waals surface area contributed by atoms with E-state index in [2.05, 4.69) is 20.5 Å². The Morgan fingerprint density at radius 2 is 2.15 bits per heavy atom. The fourth-order valence-corrected chi connectivity index (χ4v) is 5.60. The molecule has 1 aliphatic heterocycles. The van der Waals surface area contributed by atoms with E-state index >= 15 is 0 Å². The van der Waals surface area contributed by atoms with E-state index in [9.17, 15) is 9.59 Å². The number of hydrogen-bond donors (Lipinski definition) is 2. The van der Waals surface area contributed by atoms with Gasteiger partial charge in [-0.1, -0.05) is 6.07 Å². The first-order valence-electron chi connectivity index (χ1n) is 12.7. The molecular formula is C28H27N7O3S. The third-order valence-corrected chi connectivity index (χ3v) is 8.02. The number of imidazole rings is 1. The number of aromatic nitrogens is 5. The molecule has 1 unspecified atom stereocenters. The summed E-state index contributed by atoms with van der Waals surface area (Å²) in [6, 6.07) is 15.3. The van der Waals surface area contributed by atoms with Crippen LogP contribution >= 0.6 is 11.3 Å². The van der Waals surface area contributed by atoms with Crippen LogP contribution in [0.15, 0.2) is 67.1 Å². The van der Waals surface area contributed by atoms with Crippen molar-refractivity contribution < 1.29 is 14.3 Å². The molecule has 5 heterocycles. The number of aromatic amines is 1. The normalized spacial score (nSPS) is 15.1. The molecule has 2 N–H and O–H groups in total. The average molecular weight is 542 g/mol. The summed E-state index contributed by atoms with van der Waals surface area (Å²) in [5, 5.41) is 9.79. The van der Waals surface area contributed by atoms with Gasteiger partial charge in [0.05, 0.1) is 34.6 Å². The number of nitrogens with one attached hydrogen (secondary N) is 2. The molecule has 6 rings (SSSR count). The predicted molar refractivity (Wildman–Crippen MR) is 150 cm³/mol. The first-order chi connectivity index (χ1) is 19.1. The topological polar surface area (TPSA) is 118 Å². The van der Waals surface area contributed by atoms with Gasteiger partial charge in [0.25, 0.3) is 5.91 Å². The van der Waals surface area contributed by atoms with E-state index in [-0.39, 0.29) is 17.7 Å². The van der Waals surface area contributed by atoms with Gasteiger partial charge in [0.15, 0.2) is 0 Å². The van der Waals surface area contributed by atoms with Crippen LogP contribution in [0, 0.1) is 5.92 Å². The summed E-state index contributed by atoms with van der Waals surface area (Å²) in [5.74, 6) is 0.104. The van der Waals surface area contributed by atoms with Crippen molar-refractivity contribution in [2.24, 2.45) is 5.92 Å². The van der Waals surface area contributed by atoms with Gasteiger partial charge in [0.2, 0.25) is 11.9 Å². The van der Waals surface area contributed by atoms with Crippen molar-refractivity contribution in [1.82, 2.24) is 24.7 Å². The largest absolute Gasteiger partial charge is 0.381 e. The van der Waals surface area contributed by atoms with Gasteiger partial charge in [0.1, 0.15) is 0 Å². The molecule has 5 aromatic rings. The zero-order valence-electron chi connectivity index (χ0n) is 21.3. The zero-order chi connectivity index (χ0) is 26.8. The molecule has 11 heteroatoms. The third-order valence-electron chi connectivity index (χ3n) is 6.88. The molecule has 10 nitrogen and oxygen atoms in total. The van der Waals surface area contributed by atoms with Gasteiger partial charge in [-0.15, -0.1) is 11.3 Å². The molecule has 198 valence electrons. The lowest BCUT2D eigenvalue weighted by Gasteiger charge is -2.20. The summed E-state index contributed by atoms with van der Waals surface area (Å²) in [4.78, 5) is 38.6. The maximum atomic E-state index is 13.3. The van der Waals surface area contributed by atoms with E-state index in [1.165, 1.54) is 11.3 Å². The number of pyridine rings is 1. The smallest absolute Gasteiger partial charge is 0.268 e. The van der Waals surface area contributed by atoms with Gasteiger partial charge in [-0.2, -0.15) is 5.10 Å². The van der Waals surface area contributed by atoms with Crippen molar-refractivity contribution in [3.05, 3.63) is 77.7 Å². The Balaban J connectivity index is 1.30. The summed E-state index contributed by atoms with van der Waals surface area (Å²) >= 11 is 1.39. The van der Waals surface area contributed by atoms with E-state index in [0.29, 0.717) is 42.5 Å². The first kappa shape index (κ1) is 25.0. The van der Waals surface area contributed by atoms with Gasteiger partial charge >= 0.3 is 0 Å². The second kappa shape index (κ2) is 10.8. The average Bonchev–Trinajstić information content (AvgIpc) is 3.78. The van der Waals surface area contributed by atoms with E-state index in [0.717, 1.165) is 33.8 Å². The number of carbonyl (C=O) groups excluding carboxylic acids is 2. The molecule has 0 bridgehead atoms. The number of amides is 2. The van der Waals surface area contributed by atoms with Crippen LogP contribution in [0.5, 0.6) is 0 Å². The summed E-state index contributed by atoms with van der Waals surface area (Å²) in [7, 11) is 1.77. The number of benzene rings is 1. The van der Waals surface area contributed by atoms with Crippen LogP contribution in [-0.4, -0.2) is 56.8 Å². The molecule has 39 heavy (non-hydrogen) atoms. The lowest BCUT2D eigenvalue weighted by molar-refractivity contribution is -0.122. The number of carbonyl (C=O) groups is 2. The highest BCUT2D eigenvalue weighted by molar-refractivity contribution is 7.17. The number of aryl methyl sites for hydroxylation is 2. The Hall–Kier alpha value is -4.35. The molecule has 2 amide bonds. The number of ether oxygens (including phenoxy) is 1. The number of nitrogens with zero attached hydrogens (tertiary/aromatic N) is 5. The monoisotopic (exact) mass is 541 g/mol. The number of anilines is 2. The van der Waals surface area contributed by atoms with Crippen LogP contribution < -0.4 is 10.2 Å². The second-order valence-electron chi connectivity index (χ2n) is 9.39. The standard InChI is InChI=1S/C28H27N7O3S/c1-34(27(37)18-10-13-38-17-18)21-5-6-23-22(14-21)32-28(35(23)12-9-20-4-2-3-11-29-20)33-26(36)25-8-7-24(39-25)19-15-30-31-16-19/h2-8,11,14-16,18H,9-10,12-13,17H2,1H3,(H,30,31)(H,32,33,36). The molecule has 0 aliphatic carbocycles. The van der Waals surface area contributed by atoms with Gasteiger partial charge in [-0.25, -0.2) is 4.98 Å². The van der Waals surface area contributed by atoms with Crippen LogP contribution in [0.4, 0.5) is 11.6 Å². The fourth-order valence-electron chi connectivity index (χ4n) is 4.72. The first-order valence-corrected chi connectivity index (χ1v) is 13.5. The quantitative estimate of drug-likeness (QED) is 0.301. The Kier molecular flexibility index (Phi) is 6.91. The highest BCUT2D eigenvalue weighted by atomic mass is 32.1. The third kappa shape index (κ3) is 5.18. The summed E-state index contributed by atoms with van der Waals surface area (Å²) in [6.45, 7) is 1.64. The molecular weight excluding hydrogens is 514 g/mol. The second-order valence-corrected chi connectivity index (χ2v) is 10.5. The molecule has 0 spiro atoms. The number of thiophene rings is 1. The van der Waals surface area contributed by atoms with E-state index in [4.69, 9.17) is 9.72 Å². The van der Waals surface area contributed by atoms with Gasteiger partial charge in [0, 0.05) is 60.8 Å². The summed E-state index contributed by atoms with van der Waals surface area (Å²) in [6.07, 6.45) is 6.69. The Bertz CT molecular complexity index is 1600. The predicted octanol–water partition coefficient (Wildman–Crippen LogP) is 4.38. The van der Waals surface area contributed by atoms with Crippen LogP contribution in [0.2, 0.25) is 0 Å². The molecule has 1 atom stereocenters. The van der Waals surface area contributed by atoms with E-state index in [1.807, 2.05) is 47.0 Å². The van der Waals surface area contributed by atoms with Crippen molar-refractivity contribution in [3.63, 3.8) is 0 Å². The molecule has 1 aromatic carbocycles. The summed E-state index contributed by atoms with van der Waals surface area (Å²) in [5.41, 5.74) is 4.17. The molecule has 1 aliphatic rings. The van der Waals surface area contributed by atoms with E-state index < -0.39 is 0 Å². The maximum Gasteiger partial charge on any atom is 0.268 e. The number of H-pyrrole nitrogens is 1. The highest BCUT2D eigenvalue weighted by Gasteiger charge is 2.27. The van der Waals surface area contributed by atoms with Crippen LogP contribution in [0.3, 0.4) is 0 Å². The Morgan fingerprint density at radius 3 is 2.92 bits per heavy atom. The van der Waals surface area contributed by atoms with Crippen molar-refractivity contribution in [3.8, 4) is 10.4 Å². The van der Waals surface area contributed by atoms with Gasteiger partial charge < -0.3 is 14.2 Å².